The van der Waals surface area contributed by atoms with Gasteiger partial charge in [-0.05, 0) is 26.2 Å². The summed E-state index contributed by atoms with van der Waals surface area (Å²) >= 11 is 0. The lowest BCUT2D eigenvalue weighted by molar-refractivity contribution is -0.0156. The van der Waals surface area contributed by atoms with Crippen molar-refractivity contribution >= 4 is 0 Å². The van der Waals surface area contributed by atoms with Gasteiger partial charge in [0.2, 0.25) is 0 Å². The topological polar surface area (TPSA) is 24.9 Å². The molecule has 0 unspecified atom stereocenters. The van der Waals surface area contributed by atoms with Gasteiger partial charge in [-0.3, -0.25) is 9.80 Å². The Kier molecular flexibility index (Phi) is 6.41. The molecule has 0 N–H and O–H groups in total. The van der Waals surface area contributed by atoms with E-state index < -0.39 is 0 Å². The lowest BCUT2D eigenvalue weighted by Gasteiger charge is -2.37. The molecule has 0 radical (unpaired) electrons. The number of rotatable bonds is 6. The summed E-state index contributed by atoms with van der Waals surface area (Å²) in [5.41, 5.74) is 0. The van der Waals surface area contributed by atoms with Crippen molar-refractivity contribution in [3.8, 4) is 0 Å². The Labute approximate surface area is 111 Å². The average molecular weight is 256 g/mol. The predicted octanol–water partition coefficient (Wildman–Crippen LogP) is 1.21. The van der Waals surface area contributed by atoms with Gasteiger partial charge in [0.1, 0.15) is 0 Å². The van der Waals surface area contributed by atoms with Crippen LogP contribution in [0.15, 0.2) is 0 Å². The molecule has 4 heteroatoms. The molecule has 0 saturated carbocycles. The molecule has 1 atom stereocenters. The number of hydrogen-bond donors (Lipinski definition) is 0. The summed E-state index contributed by atoms with van der Waals surface area (Å²) in [6.45, 7) is 11.7. The van der Waals surface area contributed by atoms with Crippen LogP contribution in [0.4, 0.5) is 0 Å². The Morgan fingerprint density at radius 2 is 1.89 bits per heavy atom. The molecule has 0 aromatic rings. The van der Waals surface area contributed by atoms with Gasteiger partial charge in [-0.2, -0.15) is 0 Å². The molecule has 2 heterocycles. The quantitative estimate of drug-likeness (QED) is 0.667. The summed E-state index contributed by atoms with van der Waals surface area (Å²) in [5, 5.41) is 0. The van der Waals surface area contributed by atoms with E-state index in [0.29, 0.717) is 6.10 Å². The molecule has 2 aliphatic rings. The molecule has 2 aliphatic heterocycles. The minimum absolute atomic E-state index is 0.494. The molecule has 2 rings (SSSR count). The Hall–Kier alpha value is -0.160. The second kappa shape index (κ2) is 8.10. The second-order valence-corrected chi connectivity index (χ2v) is 5.33. The van der Waals surface area contributed by atoms with Crippen LogP contribution in [-0.2, 0) is 9.47 Å². The lowest BCUT2D eigenvalue weighted by atomic mass is 10.1. The standard InChI is InChI=1S/C14H28N2O2/c1-2-17-12-10-15-6-8-16(9-7-15)13-14-5-3-4-11-18-14/h14H,2-13H2,1H3/t14-/m0/s1. The molecule has 0 bridgehead atoms. The third-order valence-electron chi connectivity index (χ3n) is 3.96. The second-order valence-electron chi connectivity index (χ2n) is 5.33. The molecule has 18 heavy (non-hydrogen) atoms. The van der Waals surface area contributed by atoms with Gasteiger partial charge >= 0.3 is 0 Å². The Morgan fingerprint density at radius 3 is 2.56 bits per heavy atom. The maximum Gasteiger partial charge on any atom is 0.0702 e. The van der Waals surface area contributed by atoms with Crippen molar-refractivity contribution < 1.29 is 9.47 Å². The Morgan fingerprint density at radius 1 is 1.11 bits per heavy atom. The van der Waals surface area contributed by atoms with Crippen molar-refractivity contribution in [1.29, 1.82) is 0 Å². The molecular formula is C14H28N2O2. The van der Waals surface area contributed by atoms with E-state index in [9.17, 15) is 0 Å². The van der Waals surface area contributed by atoms with Gasteiger partial charge in [0.05, 0.1) is 12.7 Å². The van der Waals surface area contributed by atoms with Crippen LogP contribution in [-0.4, -0.2) is 75.0 Å². The predicted molar refractivity (Wildman–Crippen MR) is 73.0 cm³/mol. The molecule has 0 aromatic carbocycles. The third-order valence-corrected chi connectivity index (χ3v) is 3.96. The van der Waals surface area contributed by atoms with Crippen LogP contribution in [0.3, 0.4) is 0 Å². The summed E-state index contributed by atoms with van der Waals surface area (Å²) in [6.07, 6.45) is 4.35. The van der Waals surface area contributed by atoms with Crippen molar-refractivity contribution in [3.05, 3.63) is 0 Å². The van der Waals surface area contributed by atoms with Crippen LogP contribution in [0.2, 0.25) is 0 Å². The summed E-state index contributed by atoms with van der Waals surface area (Å²) in [5.74, 6) is 0. The van der Waals surface area contributed by atoms with E-state index in [0.717, 1.165) is 32.9 Å². The minimum Gasteiger partial charge on any atom is -0.380 e. The van der Waals surface area contributed by atoms with Crippen LogP contribution in [0.5, 0.6) is 0 Å². The summed E-state index contributed by atoms with van der Waals surface area (Å²) in [6, 6.07) is 0. The number of hydrogen-bond acceptors (Lipinski definition) is 4. The number of piperazine rings is 1. The van der Waals surface area contributed by atoms with Crippen molar-refractivity contribution in [2.45, 2.75) is 32.3 Å². The van der Waals surface area contributed by atoms with Crippen LogP contribution in [0.1, 0.15) is 26.2 Å². The first kappa shape index (κ1) is 14.3. The highest BCUT2D eigenvalue weighted by Crippen LogP contribution is 2.14. The largest absolute Gasteiger partial charge is 0.380 e. The highest BCUT2D eigenvalue weighted by molar-refractivity contribution is 4.75. The van der Waals surface area contributed by atoms with Crippen molar-refractivity contribution in [2.75, 3.05) is 59.1 Å². The number of ether oxygens (including phenoxy) is 2. The number of nitrogens with zero attached hydrogens (tertiary/aromatic N) is 2. The maximum absolute atomic E-state index is 5.81. The summed E-state index contributed by atoms with van der Waals surface area (Å²) in [7, 11) is 0. The van der Waals surface area contributed by atoms with E-state index in [1.807, 2.05) is 0 Å². The first-order valence-electron chi connectivity index (χ1n) is 7.52. The Bertz CT molecular complexity index is 212. The van der Waals surface area contributed by atoms with Gasteiger partial charge in [0, 0.05) is 52.5 Å². The Balaban J connectivity index is 1.57. The molecule has 2 saturated heterocycles. The van der Waals surface area contributed by atoms with Crippen molar-refractivity contribution in [1.82, 2.24) is 9.80 Å². The minimum atomic E-state index is 0.494. The molecule has 2 fully saturated rings. The summed E-state index contributed by atoms with van der Waals surface area (Å²) < 4.78 is 11.2. The molecule has 106 valence electrons. The van der Waals surface area contributed by atoms with Gasteiger partial charge in [-0.15, -0.1) is 0 Å². The van der Waals surface area contributed by atoms with E-state index in [1.54, 1.807) is 0 Å². The lowest BCUT2D eigenvalue weighted by Crippen LogP contribution is -2.49. The van der Waals surface area contributed by atoms with Crippen LogP contribution >= 0.6 is 0 Å². The average Bonchev–Trinajstić information content (AvgIpc) is 2.42. The zero-order valence-corrected chi connectivity index (χ0v) is 11.8. The molecule has 0 aliphatic carbocycles. The SMILES string of the molecule is CCOCCN1CCN(C[C@@H]2CCCCO2)CC1. The fourth-order valence-corrected chi connectivity index (χ4v) is 2.77. The van der Waals surface area contributed by atoms with E-state index >= 15 is 0 Å². The van der Waals surface area contributed by atoms with Crippen LogP contribution in [0.25, 0.3) is 0 Å². The smallest absolute Gasteiger partial charge is 0.0702 e. The van der Waals surface area contributed by atoms with Gasteiger partial charge in [-0.1, -0.05) is 0 Å². The molecule has 0 spiro atoms. The first-order valence-corrected chi connectivity index (χ1v) is 7.52. The fourth-order valence-electron chi connectivity index (χ4n) is 2.77. The molecule has 4 nitrogen and oxygen atoms in total. The van der Waals surface area contributed by atoms with Gasteiger partial charge < -0.3 is 9.47 Å². The summed E-state index contributed by atoms with van der Waals surface area (Å²) in [4.78, 5) is 5.07. The van der Waals surface area contributed by atoms with Gasteiger partial charge in [-0.25, -0.2) is 0 Å². The highest BCUT2D eigenvalue weighted by atomic mass is 16.5. The van der Waals surface area contributed by atoms with Crippen LogP contribution < -0.4 is 0 Å². The zero-order valence-electron chi connectivity index (χ0n) is 11.8. The first-order chi connectivity index (χ1) is 8.88. The van der Waals surface area contributed by atoms with E-state index in [-0.39, 0.29) is 0 Å². The van der Waals surface area contributed by atoms with E-state index in [1.165, 1.54) is 45.4 Å². The molecule has 0 aromatic heterocycles. The normalized spacial score (nSPS) is 27.5. The highest BCUT2D eigenvalue weighted by Gasteiger charge is 2.21. The molecular weight excluding hydrogens is 228 g/mol. The van der Waals surface area contributed by atoms with Crippen molar-refractivity contribution in [3.63, 3.8) is 0 Å². The van der Waals surface area contributed by atoms with E-state index in [4.69, 9.17) is 9.47 Å². The van der Waals surface area contributed by atoms with Crippen molar-refractivity contribution in [2.24, 2.45) is 0 Å². The monoisotopic (exact) mass is 256 g/mol. The maximum atomic E-state index is 5.81. The zero-order chi connectivity index (χ0) is 12.6. The third kappa shape index (κ3) is 4.84. The fraction of sp³-hybridized carbons (Fsp3) is 1.00. The molecule has 0 amide bonds. The van der Waals surface area contributed by atoms with E-state index in [2.05, 4.69) is 16.7 Å². The van der Waals surface area contributed by atoms with Crippen LogP contribution in [0, 0.1) is 0 Å². The van der Waals surface area contributed by atoms with Gasteiger partial charge in [0.25, 0.3) is 0 Å². The van der Waals surface area contributed by atoms with Gasteiger partial charge in [0.15, 0.2) is 0 Å².